The average molecular weight is 451 g/mol. The lowest BCUT2D eigenvalue weighted by atomic mass is 9.97. The molecule has 31 heavy (non-hydrogen) atoms. The zero-order valence-corrected chi connectivity index (χ0v) is 18.7. The van der Waals surface area contributed by atoms with E-state index in [0.717, 1.165) is 12.1 Å². The Hall–Kier alpha value is -2.52. The summed E-state index contributed by atoms with van der Waals surface area (Å²) in [4.78, 5) is 16.5. The van der Waals surface area contributed by atoms with Gasteiger partial charge in [0, 0.05) is 25.3 Å². The molecule has 1 N–H and O–H groups in total. The maximum Gasteiger partial charge on any atom is 0.310 e. The van der Waals surface area contributed by atoms with Gasteiger partial charge in [-0.1, -0.05) is 20.8 Å². The van der Waals surface area contributed by atoms with Crippen LogP contribution in [-0.2, 0) is 32.4 Å². The first-order chi connectivity index (χ1) is 14.5. The third-order valence-corrected chi connectivity index (χ3v) is 6.65. The number of fused-ring (bicyclic) bond motifs is 1. The molecule has 0 radical (unpaired) electrons. The molecule has 1 atom stereocenters. The number of benzene rings is 1. The van der Waals surface area contributed by atoms with Crippen LogP contribution in [0, 0.1) is 17.2 Å². The summed E-state index contributed by atoms with van der Waals surface area (Å²) in [6.45, 7) is 6.00. The molecule has 1 aliphatic heterocycles. The van der Waals surface area contributed by atoms with E-state index in [1.165, 1.54) is 22.6 Å². The van der Waals surface area contributed by atoms with Gasteiger partial charge in [-0.3, -0.25) is 14.1 Å². The molecule has 1 aromatic carbocycles. The van der Waals surface area contributed by atoms with E-state index in [1.807, 2.05) is 20.8 Å². The molecule has 0 saturated carbocycles. The number of anilines is 1. The number of sulfonamides is 1. The molecule has 0 fully saturated rings. The first kappa shape index (κ1) is 23.1. The number of halogens is 1. The molecule has 2 heterocycles. The molecule has 0 saturated heterocycles. The van der Waals surface area contributed by atoms with Gasteiger partial charge in [0.15, 0.2) is 0 Å². The number of carbonyl (C=O) groups excluding carboxylic acids is 1. The molecule has 3 rings (SSSR count). The molecule has 0 bridgehead atoms. The van der Waals surface area contributed by atoms with E-state index in [2.05, 4.69) is 4.98 Å². The van der Waals surface area contributed by atoms with Gasteiger partial charge in [-0.2, -0.15) is 0 Å². The van der Waals surface area contributed by atoms with E-state index in [-0.39, 0.29) is 42.4 Å². The van der Waals surface area contributed by atoms with E-state index in [1.54, 1.807) is 6.07 Å². The normalized spacial score (nSPS) is 16.7. The highest BCUT2D eigenvalue weighted by Gasteiger charge is 2.34. The molecule has 0 spiro atoms. The molecular formula is C22H27FN2O5S. The number of pyridine rings is 1. The topological polar surface area (TPSA) is 96.8 Å². The maximum absolute atomic E-state index is 13.3. The molecule has 0 amide bonds. The van der Waals surface area contributed by atoms with Gasteiger partial charge in [-0.05, 0) is 47.7 Å². The minimum atomic E-state index is -4.01. The van der Waals surface area contributed by atoms with E-state index < -0.39 is 21.8 Å². The summed E-state index contributed by atoms with van der Waals surface area (Å²) < 4.78 is 46.3. The Morgan fingerprint density at radius 2 is 1.97 bits per heavy atom. The fourth-order valence-electron chi connectivity index (χ4n) is 3.26. The first-order valence-corrected chi connectivity index (χ1v) is 11.5. The van der Waals surface area contributed by atoms with Crippen molar-refractivity contribution in [2.24, 2.45) is 11.3 Å². The smallest absolute Gasteiger partial charge is 0.310 e. The Morgan fingerprint density at radius 1 is 1.29 bits per heavy atom. The quantitative estimate of drug-likeness (QED) is 0.680. The third kappa shape index (κ3) is 5.59. The Labute approximate surface area is 181 Å². The highest BCUT2D eigenvalue weighted by atomic mass is 32.2. The molecule has 2 aromatic rings. The minimum Gasteiger partial charge on any atom is -0.465 e. The van der Waals surface area contributed by atoms with E-state index in [4.69, 9.17) is 4.74 Å². The van der Waals surface area contributed by atoms with Crippen molar-refractivity contribution in [1.82, 2.24) is 4.98 Å². The fraction of sp³-hybridized carbons (Fsp3) is 0.455. The summed E-state index contributed by atoms with van der Waals surface area (Å²) >= 11 is 0. The van der Waals surface area contributed by atoms with Crippen LogP contribution < -0.4 is 4.31 Å². The van der Waals surface area contributed by atoms with Crippen LogP contribution in [0.15, 0.2) is 41.4 Å². The van der Waals surface area contributed by atoms with Crippen molar-refractivity contribution >= 4 is 21.7 Å². The van der Waals surface area contributed by atoms with Gasteiger partial charge in [0.2, 0.25) is 0 Å². The second-order valence-corrected chi connectivity index (χ2v) is 10.8. The number of esters is 1. The minimum absolute atomic E-state index is 0.0375. The summed E-state index contributed by atoms with van der Waals surface area (Å²) in [6, 6.07) is 6.19. The largest absolute Gasteiger partial charge is 0.465 e. The molecule has 0 unspecified atom stereocenters. The van der Waals surface area contributed by atoms with Crippen LogP contribution in [-0.4, -0.2) is 44.2 Å². The van der Waals surface area contributed by atoms with Gasteiger partial charge in [0.1, 0.15) is 5.82 Å². The van der Waals surface area contributed by atoms with Crippen molar-refractivity contribution in [2.75, 3.05) is 24.1 Å². The predicted octanol–water partition coefficient (Wildman–Crippen LogP) is 2.71. The number of hydrogen-bond donors (Lipinski definition) is 1. The maximum atomic E-state index is 13.3. The number of rotatable bonds is 6. The number of aliphatic hydroxyl groups is 1. The molecule has 0 aliphatic carbocycles. The van der Waals surface area contributed by atoms with Crippen LogP contribution in [0.1, 0.15) is 32.0 Å². The average Bonchev–Trinajstić information content (AvgIpc) is 2.71. The van der Waals surface area contributed by atoms with Crippen LogP contribution in [0.5, 0.6) is 0 Å². The summed E-state index contributed by atoms with van der Waals surface area (Å²) in [5.41, 5.74) is 1.24. The van der Waals surface area contributed by atoms with E-state index in [0.29, 0.717) is 23.4 Å². The molecule has 168 valence electrons. The van der Waals surface area contributed by atoms with Gasteiger partial charge in [-0.25, -0.2) is 12.8 Å². The van der Waals surface area contributed by atoms with Crippen LogP contribution >= 0.6 is 0 Å². The lowest BCUT2D eigenvalue weighted by molar-refractivity contribution is -0.145. The molecule has 9 heteroatoms. The van der Waals surface area contributed by atoms with Crippen molar-refractivity contribution in [3.63, 3.8) is 0 Å². The van der Waals surface area contributed by atoms with E-state index in [9.17, 15) is 22.7 Å². The Morgan fingerprint density at radius 3 is 2.58 bits per heavy atom. The monoisotopic (exact) mass is 450 g/mol. The number of hydrogen-bond acceptors (Lipinski definition) is 6. The number of ether oxygens (including phenoxy) is 1. The van der Waals surface area contributed by atoms with Crippen molar-refractivity contribution in [3.05, 3.63) is 53.6 Å². The highest BCUT2D eigenvalue weighted by Crippen LogP contribution is 2.34. The summed E-state index contributed by atoms with van der Waals surface area (Å²) in [5, 5.41) is 9.65. The first-order valence-electron chi connectivity index (χ1n) is 10.0. The highest BCUT2D eigenvalue weighted by molar-refractivity contribution is 7.92. The predicted molar refractivity (Wildman–Crippen MR) is 114 cm³/mol. The standard InChI is InChI=1S/C22H27FN2O5S/c1-22(2,3)14-30-21(27)10-15-9-20-19(24-11-15)8-16(13-26)12-25(20)31(28,29)18-6-4-17(23)5-7-18/h4-7,9,11,16,26H,8,10,12-14H2,1-3H3/t16-/m0/s1. The van der Waals surface area contributed by atoms with Crippen LogP contribution in [0.2, 0.25) is 0 Å². The Balaban J connectivity index is 1.92. The summed E-state index contributed by atoms with van der Waals surface area (Å²) in [6.07, 6.45) is 1.90. The van der Waals surface area contributed by atoms with E-state index >= 15 is 0 Å². The Kier molecular flexibility index (Phi) is 6.66. The third-order valence-electron chi connectivity index (χ3n) is 4.85. The summed E-state index contributed by atoms with van der Waals surface area (Å²) in [7, 11) is -4.01. The van der Waals surface area contributed by atoms with Crippen LogP contribution in [0.4, 0.5) is 10.1 Å². The number of aliphatic hydroxyl groups excluding tert-OH is 1. The van der Waals surface area contributed by atoms with Crippen molar-refractivity contribution in [3.8, 4) is 0 Å². The van der Waals surface area contributed by atoms with Crippen molar-refractivity contribution in [2.45, 2.75) is 38.5 Å². The van der Waals surface area contributed by atoms with Crippen molar-refractivity contribution in [1.29, 1.82) is 0 Å². The number of carbonyl (C=O) groups is 1. The fourth-order valence-corrected chi connectivity index (χ4v) is 4.82. The van der Waals surface area contributed by atoms with Gasteiger partial charge in [-0.15, -0.1) is 0 Å². The van der Waals surface area contributed by atoms with Crippen molar-refractivity contribution < 1.29 is 27.4 Å². The number of aromatic nitrogens is 1. The SMILES string of the molecule is CC(C)(C)COC(=O)Cc1cnc2c(c1)N(S(=O)(=O)c1ccc(F)cc1)C[C@@H](CO)C2. The lowest BCUT2D eigenvalue weighted by Gasteiger charge is -2.34. The summed E-state index contributed by atoms with van der Waals surface area (Å²) in [5.74, 6) is -1.28. The van der Waals surface area contributed by atoms with Gasteiger partial charge in [0.05, 0.1) is 29.3 Å². The zero-order chi connectivity index (χ0) is 22.8. The second-order valence-electron chi connectivity index (χ2n) is 8.95. The second kappa shape index (κ2) is 8.92. The molecule has 1 aromatic heterocycles. The molecule has 1 aliphatic rings. The van der Waals surface area contributed by atoms with Crippen LogP contribution in [0.25, 0.3) is 0 Å². The van der Waals surface area contributed by atoms with Gasteiger partial charge < -0.3 is 9.84 Å². The van der Waals surface area contributed by atoms with Gasteiger partial charge >= 0.3 is 5.97 Å². The number of nitrogens with zero attached hydrogens (tertiary/aromatic N) is 2. The van der Waals surface area contributed by atoms with Crippen LogP contribution in [0.3, 0.4) is 0 Å². The van der Waals surface area contributed by atoms with Gasteiger partial charge in [0.25, 0.3) is 10.0 Å². The lowest BCUT2D eigenvalue weighted by Crippen LogP contribution is -2.41. The molecule has 7 nitrogen and oxygen atoms in total. The Bertz CT molecular complexity index is 1050. The zero-order valence-electron chi connectivity index (χ0n) is 17.8. The molecular weight excluding hydrogens is 423 g/mol.